The van der Waals surface area contributed by atoms with Gasteiger partial charge in [0.2, 0.25) is 0 Å². The van der Waals surface area contributed by atoms with Crippen molar-refractivity contribution in [3.8, 4) is 0 Å². The van der Waals surface area contributed by atoms with Crippen molar-refractivity contribution in [3.05, 3.63) is 17.5 Å². The molecule has 19 heavy (non-hydrogen) atoms. The summed E-state index contributed by atoms with van der Waals surface area (Å²) in [5.74, 6) is 0. The van der Waals surface area contributed by atoms with Gasteiger partial charge in [-0.25, -0.2) is 0 Å². The second-order valence-electron chi connectivity index (χ2n) is 5.12. The minimum Gasteiger partial charge on any atom is -0.363 e. The van der Waals surface area contributed by atoms with E-state index in [0.29, 0.717) is 0 Å². The normalized spacial score (nSPS) is 10.8. The summed E-state index contributed by atoms with van der Waals surface area (Å²) in [5.41, 5.74) is 2.39. The lowest BCUT2D eigenvalue weighted by Crippen LogP contribution is -2.37. The van der Waals surface area contributed by atoms with Crippen LogP contribution in [0.3, 0.4) is 0 Å². The van der Waals surface area contributed by atoms with Crippen LogP contribution in [0.25, 0.3) is 0 Å². The van der Waals surface area contributed by atoms with E-state index in [1.807, 2.05) is 25.0 Å². The van der Waals surface area contributed by atoms with E-state index in [-0.39, 0.29) is 0 Å². The third kappa shape index (κ3) is 5.16. The fourth-order valence-corrected chi connectivity index (χ4v) is 1.92. The predicted molar refractivity (Wildman–Crippen MR) is 83.2 cm³/mol. The summed E-state index contributed by atoms with van der Waals surface area (Å²) in [5, 5.41) is 8.33. The Kier molecular flexibility index (Phi) is 6.24. The van der Waals surface area contributed by atoms with Crippen LogP contribution in [0.1, 0.15) is 17.7 Å². The maximum atomic E-state index is 5.38. The fraction of sp³-hybridized carbons (Fsp3) is 0.692. The van der Waals surface area contributed by atoms with Gasteiger partial charge in [0.25, 0.3) is 0 Å². The van der Waals surface area contributed by atoms with Crippen LogP contribution in [0.4, 0.5) is 0 Å². The van der Waals surface area contributed by atoms with Crippen LogP contribution in [-0.4, -0.2) is 58.9 Å². The number of hydrogen-bond acceptors (Lipinski definition) is 3. The molecule has 1 N–H and O–H groups in total. The van der Waals surface area contributed by atoms with Crippen molar-refractivity contribution in [1.29, 1.82) is 0 Å². The maximum absolute atomic E-state index is 5.38. The maximum Gasteiger partial charge on any atom is 0.168 e. The molecule has 0 aliphatic carbocycles. The third-order valence-electron chi connectivity index (χ3n) is 3.15. The smallest absolute Gasteiger partial charge is 0.168 e. The molecule has 1 aromatic rings. The molecule has 1 rings (SSSR count). The minimum atomic E-state index is 0.791. The highest BCUT2D eigenvalue weighted by Gasteiger charge is 2.09. The van der Waals surface area contributed by atoms with Gasteiger partial charge in [-0.1, -0.05) is 0 Å². The molecule has 0 saturated carbocycles. The second kappa shape index (κ2) is 7.45. The molecule has 108 valence electrons. The van der Waals surface area contributed by atoms with E-state index in [9.17, 15) is 0 Å². The van der Waals surface area contributed by atoms with Gasteiger partial charge in [-0.3, -0.25) is 4.68 Å². The van der Waals surface area contributed by atoms with Gasteiger partial charge in [0.05, 0.1) is 6.20 Å². The van der Waals surface area contributed by atoms with Gasteiger partial charge >= 0.3 is 0 Å². The Morgan fingerprint density at radius 3 is 2.63 bits per heavy atom. The molecule has 1 aromatic heterocycles. The molecule has 0 spiro atoms. The van der Waals surface area contributed by atoms with Crippen molar-refractivity contribution < 1.29 is 0 Å². The largest absolute Gasteiger partial charge is 0.363 e. The van der Waals surface area contributed by atoms with E-state index in [4.69, 9.17) is 12.2 Å². The summed E-state index contributed by atoms with van der Waals surface area (Å²) in [6.07, 6.45) is 2.99. The van der Waals surface area contributed by atoms with Crippen LogP contribution in [0.2, 0.25) is 0 Å². The molecule has 0 radical (unpaired) electrons. The molecule has 0 amide bonds. The van der Waals surface area contributed by atoms with E-state index in [2.05, 4.69) is 41.2 Å². The summed E-state index contributed by atoms with van der Waals surface area (Å²) in [4.78, 5) is 4.22. The zero-order valence-electron chi connectivity index (χ0n) is 12.6. The molecule has 0 aliphatic rings. The SMILES string of the molecule is Cc1c(CN(C)C(=S)NCCCN(C)C)cnn1C. The second-order valence-corrected chi connectivity index (χ2v) is 5.51. The first-order valence-corrected chi connectivity index (χ1v) is 6.93. The summed E-state index contributed by atoms with van der Waals surface area (Å²) in [7, 11) is 8.12. The van der Waals surface area contributed by atoms with Gasteiger partial charge in [0.15, 0.2) is 5.11 Å². The van der Waals surface area contributed by atoms with Crippen molar-refractivity contribution in [2.45, 2.75) is 19.9 Å². The summed E-state index contributed by atoms with van der Waals surface area (Å²) < 4.78 is 1.89. The summed E-state index contributed by atoms with van der Waals surface area (Å²) >= 11 is 5.38. The Labute approximate surface area is 121 Å². The first-order chi connectivity index (χ1) is 8.91. The molecule has 0 unspecified atom stereocenters. The van der Waals surface area contributed by atoms with Gasteiger partial charge in [0, 0.05) is 38.4 Å². The van der Waals surface area contributed by atoms with Gasteiger partial charge in [-0.2, -0.15) is 5.10 Å². The summed E-state index contributed by atoms with van der Waals surface area (Å²) in [6, 6.07) is 0. The van der Waals surface area contributed by atoms with E-state index >= 15 is 0 Å². The van der Waals surface area contributed by atoms with Gasteiger partial charge in [0.1, 0.15) is 0 Å². The molecular formula is C13H25N5S. The summed E-state index contributed by atoms with van der Waals surface area (Å²) in [6.45, 7) is 4.84. The number of aromatic nitrogens is 2. The lowest BCUT2D eigenvalue weighted by Gasteiger charge is -2.21. The number of aryl methyl sites for hydroxylation is 1. The quantitative estimate of drug-likeness (QED) is 0.622. The highest BCUT2D eigenvalue weighted by Crippen LogP contribution is 2.08. The number of nitrogens with one attached hydrogen (secondary N) is 1. The van der Waals surface area contributed by atoms with Crippen molar-refractivity contribution in [1.82, 2.24) is 24.9 Å². The Morgan fingerprint density at radius 2 is 2.11 bits per heavy atom. The molecule has 0 fully saturated rings. The monoisotopic (exact) mass is 283 g/mol. The first-order valence-electron chi connectivity index (χ1n) is 6.53. The van der Waals surface area contributed by atoms with Crippen LogP contribution in [0, 0.1) is 6.92 Å². The van der Waals surface area contributed by atoms with Crippen LogP contribution in [0.15, 0.2) is 6.20 Å². The van der Waals surface area contributed by atoms with Crippen LogP contribution in [-0.2, 0) is 13.6 Å². The minimum absolute atomic E-state index is 0.791. The lowest BCUT2D eigenvalue weighted by atomic mass is 10.2. The Bertz CT molecular complexity index is 413. The number of hydrogen-bond donors (Lipinski definition) is 1. The molecule has 6 heteroatoms. The van der Waals surface area contributed by atoms with E-state index in [1.54, 1.807) is 0 Å². The molecule has 5 nitrogen and oxygen atoms in total. The highest BCUT2D eigenvalue weighted by atomic mass is 32.1. The average Bonchev–Trinajstić information content (AvgIpc) is 2.66. The third-order valence-corrected chi connectivity index (χ3v) is 3.61. The predicted octanol–water partition coefficient (Wildman–Crippen LogP) is 0.987. The number of nitrogens with zero attached hydrogens (tertiary/aromatic N) is 4. The zero-order chi connectivity index (χ0) is 14.4. The zero-order valence-corrected chi connectivity index (χ0v) is 13.4. The molecule has 1 heterocycles. The van der Waals surface area contributed by atoms with Crippen molar-refractivity contribution in [2.24, 2.45) is 7.05 Å². The van der Waals surface area contributed by atoms with E-state index in [0.717, 1.165) is 31.2 Å². The number of thiocarbonyl (C=S) groups is 1. The van der Waals surface area contributed by atoms with Crippen LogP contribution in [0.5, 0.6) is 0 Å². The first kappa shape index (κ1) is 15.9. The van der Waals surface area contributed by atoms with Crippen molar-refractivity contribution in [2.75, 3.05) is 34.2 Å². The molecular weight excluding hydrogens is 258 g/mol. The Balaban J connectivity index is 2.34. The molecule has 0 bridgehead atoms. The molecule has 0 atom stereocenters. The lowest BCUT2D eigenvalue weighted by molar-refractivity contribution is 0.397. The average molecular weight is 283 g/mol. The van der Waals surface area contributed by atoms with Crippen LogP contribution < -0.4 is 5.32 Å². The standard InChI is InChI=1S/C13H25N5S/c1-11-12(9-15-18(11)5)10-17(4)13(19)14-7-6-8-16(2)3/h9H,6-8,10H2,1-5H3,(H,14,19). The Hall–Kier alpha value is -1.14. The van der Waals surface area contributed by atoms with Crippen molar-refractivity contribution >= 4 is 17.3 Å². The van der Waals surface area contributed by atoms with Crippen LogP contribution >= 0.6 is 12.2 Å². The van der Waals surface area contributed by atoms with E-state index < -0.39 is 0 Å². The highest BCUT2D eigenvalue weighted by molar-refractivity contribution is 7.80. The van der Waals surface area contributed by atoms with Gasteiger partial charge in [-0.05, 0) is 46.2 Å². The topological polar surface area (TPSA) is 36.3 Å². The van der Waals surface area contributed by atoms with E-state index in [1.165, 1.54) is 11.3 Å². The van der Waals surface area contributed by atoms with Gasteiger partial charge < -0.3 is 15.1 Å². The fourth-order valence-electron chi connectivity index (χ4n) is 1.75. The van der Waals surface area contributed by atoms with Gasteiger partial charge in [-0.15, -0.1) is 0 Å². The number of rotatable bonds is 6. The molecule has 0 aliphatic heterocycles. The molecule has 0 aromatic carbocycles. The van der Waals surface area contributed by atoms with Crippen molar-refractivity contribution in [3.63, 3.8) is 0 Å². The molecule has 0 saturated heterocycles. The Morgan fingerprint density at radius 1 is 1.42 bits per heavy atom.